The molecule has 0 saturated carbocycles. The van der Waals surface area contributed by atoms with Gasteiger partial charge in [0.05, 0.1) is 5.02 Å². The minimum absolute atomic E-state index is 0.0146. The third-order valence-electron chi connectivity index (χ3n) is 1.64. The zero-order chi connectivity index (χ0) is 12.8. The van der Waals surface area contributed by atoms with Crippen LogP contribution in [0.3, 0.4) is 0 Å². The number of hydrazine groups is 1. The molecule has 0 radical (unpaired) electrons. The predicted molar refractivity (Wildman–Crippen MR) is 70.0 cm³/mol. The average molecular weight is 294 g/mol. The summed E-state index contributed by atoms with van der Waals surface area (Å²) in [4.78, 5) is 11.3. The third-order valence-corrected chi connectivity index (χ3v) is 2.39. The molecule has 92 valence electrons. The number of rotatable bonds is 3. The molecule has 0 unspecified atom stereocenters. The maximum absolute atomic E-state index is 11.3. The van der Waals surface area contributed by atoms with Crippen molar-refractivity contribution in [3.05, 3.63) is 28.2 Å². The highest BCUT2D eigenvalue weighted by Crippen LogP contribution is 2.27. The molecule has 0 fully saturated rings. The number of carbonyl (C=O) groups excluding carboxylic acids is 1. The lowest BCUT2D eigenvalue weighted by Gasteiger charge is -2.08. The molecule has 0 atom stereocenters. The van der Waals surface area contributed by atoms with Crippen molar-refractivity contribution >= 4 is 46.4 Å². The summed E-state index contributed by atoms with van der Waals surface area (Å²) in [6.45, 7) is -0.233. The predicted octanol–water partition coefficient (Wildman–Crippen LogP) is 1.24. The van der Waals surface area contributed by atoms with E-state index in [2.05, 4.69) is 23.0 Å². The van der Waals surface area contributed by atoms with Crippen LogP contribution in [0.15, 0.2) is 18.2 Å². The van der Waals surface area contributed by atoms with Crippen LogP contribution in [0.4, 0.5) is 0 Å². The molecule has 1 rings (SSSR count). The Morgan fingerprint density at radius 2 is 2.18 bits per heavy atom. The second kappa shape index (κ2) is 6.61. The van der Waals surface area contributed by atoms with Gasteiger partial charge in [-0.3, -0.25) is 10.1 Å². The molecule has 5 nitrogen and oxygen atoms in total. The maximum Gasteiger partial charge on any atom is 0.264 e. The van der Waals surface area contributed by atoms with E-state index in [1.54, 1.807) is 12.1 Å². The molecule has 0 spiro atoms. The standard InChI is InChI=1S/C9H9Cl2N3O2S/c10-5-1-2-7(6(11)3-5)16-4-8(15)13-9(17)14-12/h1-3H,4,12H2,(H2,13,14,15,17). The van der Waals surface area contributed by atoms with E-state index < -0.39 is 5.91 Å². The lowest BCUT2D eigenvalue weighted by Crippen LogP contribution is -2.44. The van der Waals surface area contributed by atoms with Crippen molar-refractivity contribution in [3.63, 3.8) is 0 Å². The van der Waals surface area contributed by atoms with Crippen molar-refractivity contribution in [2.45, 2.75) is 0 Å². The first kappa shape index (κ1) is 14.0. The Balaban J connectivity index is 2.50. The summed E-state index contributed by atoms with van der Waals surface area (Å²) in [7, 11) is 0. The smallest absolute Gasteiger partial charge is 0.264 e. The van der Waals surface area contributed by atoms with Crippen LogP contribution in [0.5, 0.6) is 5.75 Å². The Morgan fingerprint density at radius 1 is 1.47 bits per heavy atom. The lowest BCUT2D eigenvalue weighted by atomic mass is 10.3. The molecule has 1 aromatic carbocycles. The molecule has 0 aliphatic carbocycles. The fraction of sp³-hybridized carbons (Fsp3) is 0.111. The monoisotopic (exact) mass is 293 g/mol. The first-order chi connectivity index (χ1) is 8.02. The van der Waals surface area contributed by atoms with Crippen molar-refractivity contribution in [1.82, 2.24) is 10.7 Å². The van der Waals surface area contributed by atoms with Gasteiger partial charge in [-0.15, -0.1) is 0 Å². The van der Waals surface area contributed by atoms with Crippen LogP contribution in [0.1, 0.15) is 0 Å². The number of halogens is 2. The molecule has 1 aromatic rings. The van der Waals surface area contributed by atoms with Crippen LogP contribution in [0.25, 0.3) is 0 Å². The van der Waals surface area contributed by atoms with Crippen molar-refractivity contribution in [2.24, 2.45) is 5.84 Å². The van der Waals surface area contributed by atoms with Gasteiger partial charge >= 0.3 is 0 Å². The summed E-state index contributed by atoms with van der Waals surface area (Å²) in [5.41, 5.74) is 2.11. The van der Waals surface area contributed by atoms with E-state index in [1.807, 2.05) is 0 Å². The van der Waals surface area contributed by atoms with Gasteiger partial charge in [-0.25, -0.2) is 5.84 Å². The minimum Gasteiger partial charge on any atom is -0.482 e. The number of carbonyl (C=O) groups is 1. The summed E-state index contributed by atoms with van der Waals surface area (Å²) in [6, 6.07) is 4.69. The number of nitrogens with one attached hydrogen (secondary N) is 2. The number of amides is 1. The Hall–Kier alpha value is -1.08. The number of nitrogens with two attached hydrogens (primary N) is 1. The number of benzene rings is 1. The lowest BCUT2D eigenvalue weighted by molar-refractivity contribution is -0.121. The highest BCUT2D eigenvalue weighted by atomic mass is 35.5. The summed E-state index contributed by atoms with van der Waals surface area (Å²) in [5.74, 6) is 4.90. The van der Waals surface area contributed by atoms with Crippen LogP contribution >= 0.6 is 35.4 Å². The molecule has 0 heterocycles. The van der Waals surface area contributed by atoms with Crippen molar-refractivity contribution in [2.75, 3.05) is 6.61 Å². The molecule has 17 heavy (non-hydrogen) atoms. The van der Waals surface area contributed by atoms with E-state index in [0.29, 0.717) is 15.8 Å². The van der Waals surface area contributed by atoms with E-state index in [1.165, 1.54) is 6.07 Å². The Morgan fingerprint density at radius 3 is 2.76 bits per heavy atom. The van der Waals surface area contributed by atoms with Gasteiger partial charge in [0.2, 0.25) is 0 Å². The molecule has 8 heteroatoms. The number of hydrogen-bond acceptors (Lipinski definition) is 4. The molecule has 0 aromatic heterocycles. The first-order valence-corrected chi connectivity index (χ1v) is 5.57. The maximum atomic E-state index is 11.3. The van der Waals surface area contributed by atoms with E-state index in [0.717, 1.165) is 0 Å². The number of hydrogen-bond donors (Lipinski definition) is 3. The van der Waals surface area contributed by atoms with Gasteiger partial charge < -0.3 is 10.2 Å². The Labute approximate surface area is 113 Å². The second-order valence-corrected chi connectivity index (χ2v) is 4.14. The molecular formula is C9H9Cl2N3O2S. The van der Waals surface area contributed by atoms with E-state index >= 15 is 0 Å². The minimum atomic E-state index is -0.445. The normalized spacial score (nSPS) is 9.59. The molecule has 0 aliphatic rings. The summed E-state index contributed by atoms with van der Waals surface area (Å²) < 4.78 is 5.17. The van der Waals surface area contributed by atoms with Crippen LogP contribution in [-0.4, -0.2) is 17.6 Å². The third kappa shape index (κ3) is 4.74. The molecule has 0 saturated heterocycles. The van der Waals surface area contributed by atoms with Crippen molar-refractivity contribution in [3.8, 4) is 5.75 Å². The first-order valence-electron chi connectivity index (χ1n) is 4.41. The fourth-order valence-electron chi connectivity index (χ4n) is 0.934. The molecular weight excluding hydrogens is 285 g/mol. The quantitative estimate of drug-likeness (QED) is 0.444. The molecule has 4 N–H and O–H groups in total. The van der Waals surface area contributed by atoms with Gasteiger partial charge in [0, 0.05) is 5.02 Å². The van der Waals surface area contributed by atoms with Gasteiger partial charge in [-0.1, -0.05) is 23.2 Å². The zero-order valence-corrected chi connectivity index (χ0v) is 10.8. The summed E-state index contributed by atoms with van der Waals surface area (Å²) in [5, 5.41) is 3.12. The number of thiocarbonyl (C=S) groups is 1. The van der Waals surface area contributed by atoms with Crippen molar-refractivity contribution < 1.29 is 9.53 Å². The van der Waals surface area contributed by atoms with Crippen molar-refractivity contribution in [1.29, 1.82) is 0 Å². The van der Waals surface area contributed by atoms with Gasteiger partial charge in [0.1, 0.15) is 5.75 Å². The Kier molecular flexibility index (Phi) is 5.43. The van der Waals surface area contributed by atoms with Gasteiger partial charge in [-0.2, -0.15) is 0 Å². The van der Waals surface area contributed by atoms with Gasteiger partial charge in [0.15, 0.2) is 11.7 Å². The highest BCUT2D eigenvalue weighted by molar-refractivity contribution is 7.80. The van der Waals surface area contributed by atoms with E-state index in [4.69, 9.17) is 33.8 Å². The van der Waals surface area contributed by atoms with Crippen LogP contribution < -0.4 is 21.3 Å². The zero-order valence-electron chi connectivity index (χ0n) is 8.50. The summed E-state index contributed by atoms with van der Waals surface area (Å²) >= 11 is 16.2. The second-order valence-electron chi connectivity index (χ2n) is 2.89. The van der Waals surface area contributed by atoms with Crippen LogP contribution in [-0.2, 0) is 4.79 Å². The largest absolute Gasteiger partial charge is 0.482 e. The van der Waals surface area contributed by atoms with Gasteiger partial charge in [0.25, 0.3) is 5.91 Å². The highest BCUT2D eigenvalue weighted by Gasteiger charge is 2.07. The molecule has 0 bridgehead atoms. The fourth-order valence-corrected chi connectivity index (χ4v) is 1.51. The van der Waals surface area contributed by atoms with E-state index in [9.17, 15) is 4.79 Å². The molecule has 1 amide bonds. The Bertz CT molecular complexity index is 442. The van der Waals surface area contributed by atoms with E-state index in [-0.39, 0.29) is 11.7 Å². The summed E-state index contributed by atoms with van der Waals surface area (Å²) in [6.07, 6.45) is 0. The molecule has 0 aliphatic heterocycles. The average Bonchev–Trinajstić information content (AvgIpc) is 2.27. The topological polar surface area (TPSA) is 76.4 Å². The van der Waals surface area contributed by atoms with Crippen LogP contribution in [0, 0.1) is 0 Å². The number of ether oxygens (including phenoxy) is 1. The van der Waals surface area contributed by atoms with Crippen LogP contribution in [0.2, 0.25) is 10.0 Å². The van der Waals surface area contributed by atoms with Gasteiger partial charge in [-0.05, 0) is 30.4 Å². The SMILES string of the molecule is NNC(=S)NC(=O)COc1ccc(Cl)cc1Cl.